The molecule has 0 spiro atoms. The molecule has 8 heteroatoms. The van der Waals surface area contributed by atoms with Crippen LogP contribution in [0.3, 0.4) is 0 Å². The number of aryl methyl sites for hydroxylation is 2. The van der Waals surface area contributed by atoms with E-state index in [0.717, 1.165) is 54.1 Å². The van der Waals surface area contributed by atoms with Crippen molar-refractivity contribution < 1.29 is 14.3 Å². The first kappa shape index (κ1) is 18.8. The van der Waals surface area contributed by atoms with Crippen LogP contribution >= 0.6 is 0 Å². The molecule has 3 heterocycles. The van der Waals surface area contributed by atoms with Gasteiger partial charge in [-0.3, -0.25) is 4.79 Å². The Morgan fingerprint density at radius 3 is 2.77 bits per heavy atom. The number of nitrogens with zero attached hydrogens (tertiary/aromatic N) is 5. The quantitative estimate of drug-likeness (QED) is 0.647. The predicted molar refractivity (Wildman–Crippen MR) is 109 cm³/mol. The SMILES string of the molecule is Cc1cc(C)n2nc(CC(=O)N(Cc3ccc4c(c3)OCO4)C3CCCC3)nc2n1. The molecular weight excluding hydrogens is 382 g/mol. The molecule has 3 aromatic rings. The number of hydrogen-bond acceptors (Lipinski definition) is 6. The number of rotatable bonds is 5. The minimum Gasteiger partial charge on any atom is -0.454 e. The molecule has 156 valence electrons. The van der Waals surface area contributed by atoms with Crippen LogP contribution in [0.5, 0.6) is 11.5 Å². The number of aromatic nitrogens is 4. The van der Waals surface area contributed by atoms with Gasteiger partial charge in [0, 0.05) is 24.0 Å². The second-order valence-electron chi connectivity index (χ2n) is 8.10. The molecule has 1 amide bonds. The molecule has 1 aliphatic carbocycles. The predicted octanol–water partition coefficient (Wildman–Crippen LogP) is 2.98. The van der Waals surface area contributed by atoms with Crippen LogP contribution in [0.1, 0.15) is 48.5 Å². The van der Waals surface area contributed by atoms with Crippen LogP contribution in [0.2, 0.25) is 0 Å². The van der Waals surface area contributed by atoms with Crippen LogP contribution in [-0.2, 0) is 17.8 Å². The van der Waals surface area contributed by atoms with Gasteiger partial charge in [-0.15, -0.1) is 5.10 Å². The lowest BCUT2D eigenvalue weighted by atomic mass is 10.1. The molecule has 1 aliphatic heterocycles. The Balaban J connectivity index is 1.38. The van der Waals surface area contributed by atoms with Crippen molar-refractivity contribution in [3.8, 4) is 11.5 Å². The van der Waals surface area contributed by atoms with E-state index in [1.165, 1.54) is 0 Å². The highest BCUT2D eigenvalue weighted by Gasteiger charge is 2.28. The molecule has 2 aliphatic rings. The third-order valence-electron chi connectivity index (χ3n) is 5.85. The molecule has 2 aromatic heterocycles. The lowest BCUT2D eigenvalue weighted by molar-refractivity contribution is -0.133. The van der Waals surface area contributed by atoms with Crippen LogP contribution in [0.25, 0.3) is 5.78 Å². The molecule has 1 aromatic carbocycles. The summed E-state index contributed by atoms with van der Waals surface area (Å²) in [7, 11) is 0. The zero-order valence-electron chi connectivity index (χ0n) is 17.3. The first-order valence-corrected chi connectivity index (χ1v) is 10.4. The fraction of sp³-hybridized carbons (Fsp3) is 0.455. The summed E-state index contributed by atoms with van der Waals surface area (Å²) in [6.45, 7) is 4.69. The molecule has 8 nitrogen and oxygen atoms in total. The van der Waals surface area contributed by atoms with Crippen LogP contribution < -0.4 is 9.47 Å². The molecule has 0 saturated heterocycles. The van der Waals surface area contributed by atoms with E-state index in [2.05, 4.69) is 15.1 Å². The fourth-order valence-corrected chi connectivity index (χ4v) is 4.39. The summed E-state index contributed by atoms with van der Waals surface area (Å²) in [5, 5.41) is 4.52. The smallest absolute Gasteiger partial charge is 0.252 e. The summed E-state index contributed by atoms with van der Waals surface area (Å²) >= 11 is 0. The third-order valence-corrected chi connectivity index (χ3v) is 5.85. The van der Waals surface area contributed by atoms with Crippen molar-refractivity contribution in [3.63, 3.8) is 0 Å². The highest BCUT2D eigenvalue weighted by Crippen LogP contribution is 2.34. The van der Waals surface area contributed by atoms with Gasteiger partial charge in [-0.2, -0.15) is 4.98 Å². The number of hydrogen-bond donors (Lipinski definition) is 0. The van der Waals surface area contributed by atoms with E-state index in [0.29, 0.717) is 18.1 Å². The lowest BCUT2D eigenvalue weighted by Crippen LogP contribution is -2.39. The van der Waals surface area contributed by atoms with Gasteiger partial charge in [0.15, 0.2) is 17.3 Å². The fourth-order valence-electron chi connectivity index (χ4n) is 4.39. The summed E-state index contributed by atoms with van der Waals surface area (Å²) in [5.74, 6) is 2.59. The normalized spacial score (nSPS) is 15.8. The van der Waals surface area contributed by atoms with Gasteiger partial charge in [-0.25, -0.2) is 9.50 Å². The van der Waals surface area contributed by atoms with E-state index in [-0.39, 0.29) is 25.2 Å². The molecule has 0 radical (unpaired) electrons. The molecule has 0 bridgehead atoms. The van der Waals surface area contributed by atoms with Crippen molar-refractivity contribution in [2.75, 3.05) is 6.79 Å². The van der Waals surface area contributed by atoms with E-state index in [1.54, 1.807) is 4.52 Å². The third kappa shape index (κ3) is 3.58. The monoisotopic (exact) mass is 407 g/mol. The van der Waals surface area contributed by atoms with Gasteiger partial charge in [0.25, 0.3) is 5.78 Å². The van der Waals surface area contributed by atoms with Gasteiger partial charge in [0.1, 0.15) is 0 Å². The van der Waals surface area contributed by atoms with Crippen LogP contribution in [-0.4, -0.2) is 43.2 Å². The lowest BCUT2D eigenvalue weighted by Gasteiger charge is -2.29. The van der Waals surface area contributed by atoms with E-state index >= 15 is 0 Å². The van der Waals surface area contributed by atoms with Crippen LogP contribution in [0.4, 0.5) is 0 Å². The number of ether oxygens (including phenoxy) is 2. The summed E-state index contributed by atoms with van der Waals surface area (Å²) < 4.78 is 12.6. The maximum Gasteiger partial charge on any atom is 0.252 e. The summed E-state index contributed by atoms with van der Waals surface area (Å²) in [4.78, 5) is 24.2. The Morgan fingerprint density at radius 2 is 1.93 bits per heavy atom. The van der Waals surface area contributed by atoms with Gasteiger partial charge < -0.3 is 14.4 Å². The van der Waals surface area contributed by atoms with Crippen molar-refractivity contribution in [2.45, 2.75) is 58.5 Å². The number of benzene rings is 1. The molecule has 30 heavy (non-hydrogen) atoms. The number of carbonyl (C=O) groups is 1. The molecular formula is C22H25N5O3. The van der Waals surface area contributed by atoms with Gasteiger partial charge in [-0.05, 0) is 50.5 Å². The summed E-state index contributed by atoms with van der Waals surface area (Å²) in [6.07, 6.45) is 4.56. The topological polar surface area (TPSA) is 81.9 Å². The number of amides is 1. The van der Waals surface area contributed by atoms with Gasteiger partial charge in [0.05, 0.1) is 6.42 Å². The largest absolute Gasteiger partial charge is 0.454 e. The van der Waals surface area contributed by atoms with Gasteiger partial charge in [-0.1, -0.05) is 18.9 Å². The molecule has 0 atom stereocenters. The van der Waals surface area contributed by atoms with E-state index < -0.39 is 0 Å². The Kier molecular flexibility index (Phi) is 4.77. The van der Waals surface area contributed by atoms with Crippen LogP contribution in [0.15, 0.2) is 24.3 Å². The average molecular weight is 407 g/mol. The highest BCUT2D eigenvalue weighted by molar-refractivity contribution is 5.78. The first-order chi connectivity index (χ1) is 14.6. The van der Waals surface area contributed by atoms with Gasteiger partial charge in [0.2, 0.25) is 12.7 Å². The minimum absolute atomic E-state index is 0.0462. The van der Waals surface area contributed by atoms with Crippen molar-refractivity contribution in [3.05, 3.63) is 47.0 Å². The Hall–Kier alpha value is -3.16. The van der Waals surface area contributed by atoms with Crippen molar-refractivity contribution in [2.24, 2.45) is 0 Å². The molecule has 0 N–H and O–H groups in total. The van der Waals surface area contributed by atoms with Gasteiger partial charge >= 0.3 is 0 Å². The molecule has 5 rings (SSSR count). The number of fused-ring (bicyclic) bond motifs is 2. The minimum atomic E-state index is 0.0462. The molecule has 1 fully saturated rings. The first-order valence-electron chi connectivity index (χ1n) is 10.4. The van der Waals surface area contributed by atoms with Crippen LogP contribution in [0, 0.1) is 13.8 Å². The maximum atomic E-state index is 13.3. The van der Waals surface area contributed by atoms with E-state index in [1.807, 2.05) is 43.0 Å². The maximum absolute atomic E-state index is 13.3. The second kappa shape index (κ2) is 7.59. The standard InChI is InChI=1S/C22H25N5O3/c1-14-9-15(2)27-22(23-14)24-20(25-27)11-21(28)26(17-5-3-4-6-17)12-16-7-8-18-19(10-16)30-13-29-18/h7-10,17H,3-6,11-13H2,1-2H3. The Morgan fingerprint density at radius 1 is 1.13 bits per heavy atom. The zero-order chi connectivity index (χ0) is 20.7. The number of carbonyl (C=O) groups excluding carboxylic acids is 1. The van der Waals surface area contributed by atoms with E-state index in [4.69, 9.17) is 9.47 Å². The zero-order valence-corrected chi connectivity index (χ0v) is 17.3. The average Bonchev–Trinajstić information content (AvgIpc) is 3.46. The Bertz CT molecular complexity index is 1100. The van der Waals surface area contributed by atoms with Crippen molar-refractivity contribution in [1.29, 1.82) is 0 Å². The molecule has 0 unspecified atom stereocenters. The Labute approximate surface area is 174 Å². The van der Waals surface area contributed by atoms with Crippen molar-refractivity contribution in [1.82, 2.24) is 24.5 Å². The summed E-state index contributed by atoms with van der Waals surface area (Å²) in [6, 6.07) is 8.09. The second-order valence-corrected chi connectivity index (χ2v) is 8.10. The molecule has 1 saturated carbocycles. The van der Waals surface area contributed by atoms with Crippen molar-refractivity contribution >= 4 is 11.7 Å². The summed E-state index contributed by atoms with van der Waals surface area (Å²) in [5.41, 5.74) is 2.88. The highest BCUT2D eigenvalue weighted by atomic mass is 16.7. The van der Waals surface area contributed by atoms with E-state index in [9.17, 15) is 4.79 Å².